The first kappa shape index (κ1) is 13.1. The minimum absolute atomic E-state index is 0.0253. The van der Waals surface area contributed by atoms with Crippen molar-refractivity contribution in [3.63, 3.8) is 0 Å². The van der Waals surface area contributed by atoms with Crippen LogP contribution in [0.15, 0.2) is 29.8 Å². The molecule has 0 spiro atoms. The van der Waals surface area contributed by atoms with Crippen LogP contribution in [0.2, 0.25) is 0 Å². The molecule has 4 nitrogen and oxygen atoms in total. The first-order chi connectivity index (χ1) is 9.61. The SMILES string of the molecule is Cc1ccc(N(C)c2nc3sccn3c2CO)c(C)c1. The Morgan fingerprint density at radius 2 is 2.15 bits per heavy atom. The zero-order valence-electron chi connectivity index (χ0n) is 11.8. The Kier molecular flexibility index (Phi) is 3.23. The third kappa shape index (κ3) is 1.99. The Morgan fingerprint density at radius 1 is 1.35 bits per heavy atom. The van der Waals surface area contributed by atoms with Gasteiger partial charge in [0.15, 0.2) is 10.8 Å². The van der Waals surface area contributed by atoms with Crippen LogP contribution in [0.1, 0.15) is 16.8 Å². The predicted octanol–water partition coefficient (Wildman–Crippen LogP) is 3.27. The number of benzene rings is 1. The van der Waals surface area contributed by atoms with Gasteiger partial charge in [-0.3, -0.25) is 4.40 Å². The topological polar surface area (TPSA) is 40.8 Å². The van der Waals surface area contributed by atoms with E-state index in [1.165, 1.54) is 11.1 Å². The number of thiazole rings is 1. The first-order valence-electron chi connectivity index (χ1n) is 6.48. The fourth-order valence-electron chi connectivity index (χ4n) is 2.53. The van der Waals surface area contributed by atoms with Crippen LogP contribution in [0.3, 0.4) is 0 Å². The molecule has 0 atom stereocenters. The van der Waals surface area contributed by atoms with E-state index in [1.807, 2.05) is 27.9 Å². The average molecular weight is 287 g/mol. The summed E-state index contributed by atoms with van der Waals surface area (Å²) in [6.07, 6.45) is 1.94. The second-order valence-electron chi connectivity index (χ2n) is 4.94. The lowest BCUT2D eigenvalue weighted by Gasteiger charge is -2.20. The largest absolute Gasteiger partial charge is 0.390 e. The minimum Gasteiger partial charge on any atom is -0.390 e. The van der Waals surface area contributed by atoms with Crippen LogP contribution in [0, 0.1) is 13.8 Å². The molecule has 0 saturated carbocycles. The van der Waals surface area contributed by atoms with Gasteiger partial charge in [0.05, 0.1) is 12.3 Å². The second kappa shape index (κ2) is 4.92. The zero-order valence-corrected chi connectivity index (χ0v) is 12.6. The molecule has 20 heavy (non-hydrogen) atoms. The number of hydrogen-bond acceptors (Lipinski definition) is 4. The fourth-order valence-corrected chi connectivity index (χ4v) is 3.26. The van der Waals surface area contributed by atoms with Crippen molar-refractivity contribution in [1.82, 2.24) is 9.38 Å². The van der Waals surface area contributed by atoms with Gasteiger partial charge in [0.2, 0.25) is 0 Å². The molecule has 3 aromatic rings. The number of hydrogen-bond donors (Lipinski definition) is 1. The van der Waals surface area contributed by atoms with E-state index in [2.05, 4.69) is 37.0 Å². The van der Waals surface area contributed by atoms with Crippen molar-refractivity contribution in [1.29, 1.82) is 0 Å². The molecule has 0 amide bonds. The highest BCUT2D eigenvalue weighted by molar-refractivity contribution is 7.15. The minimum atomic E-state index is -0.0253. The number of aliphatic hydroxyl groups excluding tert-OH is 1. The number of rotatable bonds is 3. The number of nitrogens with zero attached hydrogens (tertiary/aromatic N) is 3. The summed E-state index contributed by atoms with van der Waals surface area (Å²) in [6.45, 7) is 4.15. The molecule has 0 aliphatic heterocycles. The summed E-state index contributed by atoms with van der Waals surface area (Å²) in [5.41, 5.74) is 4.38. The van der Waals surface area contributed by atoms with E-state index >= 15 is 0 Å². The Balaban J connectivity index is 2.11. The van der Waals surface area contributed by atoms with Gasteiger partial charge in [-0.15, -0.1) is 11.3 Å². The van der Waals surface area contributed by atoms with E-state index in [9.17, 15) is 5.11 Å². The van der Waals surface area contributed by atoms with Crippen LogP contribution in [0.25, 0.3) is 4.96 Å². The van der Waals surface area contributed by atoms with Gasteiger partial charge >= 0.3 is 0 Å². The van der Waals surface area contributed by atoms with Crippen molar-refractivity contribution in [2.24, 2.45) is 0 Å². The third-order valence-corrected chi connectivity index (χ3v) is 4.28. The molecule has 0 fully saturated rings. The molecule has 104 valence electrons. The van der Waals surface area contributed by atoms with Gasteiger partial charge in [0, 0.05) is 24.3 Å². The molecule has 2 aromatic heterocycles. The Hall–Kier alpha value is -1.85. The molecule has 0 bridgehead atoms. The molecule has 0 unspecified atom stereocenters. The van der Waals surface area contributed by atoms with Crippen LogP contribution in [-0.4, -0.2) is 21.5 Å². The van der Waals surface area contributed by atoms with Crippen molar-refractivity contribution in [3.8, 4) is 0 Å². The molecule has 5 heteroatoms. The summed E-state index contributed by atoms with van der Waals surface area (Å²) in [4.78, 5) is 7.58. The first-order valence-corrected chi connectivity index (χ1v) is 7.36. The van der Waals surface area contributed by atoms with Gasteiger partial charge in [-0.1, -0.05) is 17.7 Å². The summed E-state index contributed by atoms with van der Waals surface area (Å²) in [7, 11) is 1.99. The van der Waals surface area contributed by atoms with E-state index in [0.29, 0.717) is 0 Å². The molecule has 1 aromatic carbocycles. The lowest BCUT2D eigenvalue weighted by molar-refractivity contribution is 0.276. The maximum atomic E-state index is 9.65. The standard InChI is InChI=1S/C15H17N3OS/c1-10-4-5-12(11(2)8-10)17(3)14-13(9-19)18-6-7-20-15(18)16-14/h4-8,19H,9H2,1-3H3. The Morgan fingerprint density at radius 3 is 2.85 bits per heavy atom. The highest BCUT2D eigenvalue weighted by Gasteiger charge is 2.18. The number of fused-ring (bicyclic) bond motifs is 1. The molecule has 0 aliphatic rings. The van der Waals surface area contributed by atoms with Gasteiger partial charge in [-0.25, -0.2) is 4.98 Å². The Labute approximate surface area is 121 Å². The van der Waals surface area contributed by atoms with Gasteiger partial charge in [0.25, 0.3) is 0 Å². The monoisotopic (exact) mass is 287 g/mol. The van der Waals surface area contributed by atoms with Crippen LogP contribution < -0.4 is 4.90 Å². The maximum Gasteiger partial charge on any atom is 0.195 e. The molecule has 2 heterocycles. The van der Waals surface area contributed by atoms with Gasteiger partial charge in [-0.2, -0.15) is 0 Å². The fraction of sp³-hybridized carbons (Fsp3) is 0.267. The smallest absolute Gasteiger partial charge is 0.195 e. The van der Waals surface area contributed by atoms with E-state index in [4.69, 9.17) is 0 Å². The number of imidazole rings is 1. The quantitative estimate of drug-likeness (QED) is 0.803. The average Bonchev–Trinajstić information content (AvgIpc) is 2.97. The van der Waals surface area contributed by atoms with Crippen molar-refractivity contribution < 1.29 is 5.11 Å². The Bertz CT molecular complexity index is 760. The normalized spacial score (nSPS) is 11.2. The molecular weight excluding hydrogens is 270 g/mol. The molecule has 0 aliphatic carbocycles. The summed E-state index contributed by atoms with van der Waals surface area (Å²) < 4.78 is 1.94. The van der Waals surface area contributed by atoms with Crippen molar-refractivity contribution >= 4 is 27.8 Å². The van der Waals surface area contributed by atoms with E-state index in [1.54, 1.807) is 11.3 Å². The lowest BCUT2D eigenvalue weighted by Crippen LogP contribution is -2.13. The number of anilines is 2. The summed E-state index contributed by atoms with van der Waals surface area (Å²) >= 11 is 1.57. The van der Waals surface area contributed by atoms with E-state index < -0.39 is 0 Å². The van der Waals surface area contributed by atoms with Gasteiger partial charge in [0.1, 0.15) is 0 Å². The summed E-state index contributed by atoms with van der Waals surface area (Å²) in [6, 6.07) is 6.35. The number of aryl methyl sites for hydroxylation is 2. The summed E-state index contributed by atoms with van der Waals surface area (Å²) in [5.74, 6) is 0.811. The highest BCUT2D eigenvalue weighted by atomic mass is 32.1. The van der Waals surface area contributed by atoms with Gasteiger partial charge in [-0.05, 0) is 25.5 Å². The zero-order chi connectivity index (χ0) is 14.3. The van der Waals surface area contributed by atoms with Crippen LogP contribution in [0.5, 0.6) is 0 Å². The van der Waals surface area contributed by atoms with Crippen LogP contribution in [-0.2, 0) is 6.61 Å². The molecule has 1 N–H and O–H groups in total. The van der Waals surface area contributed by atoms with Crippen LogP contribution in [0.4, 0.5) is 11.5 Å². The predicted molar refractivity (Wildman–Crippen MR) is 83.0 cm³/mol. The van der Waals surface area contributed by atoms with E-state index in [-0.39, 0.29) is 6.61 Å². The molecule has 0 saturated heterocycles. The molecular formula is C15H17N3OS. The third-order valence-electron chi connectivity index (χ3n) is 3.52. The lowest BCUT2D eigenvalue weighted by atomic mass is 10.1. The van der Waals surface area contributed by atoms with Crippen LogP contribution >= 0.6 is 11.3 Å². The van der Waals surface area contributed by atoms with Crippen molar-refractivity contribution in [2.45, 2.75) is 20.5 Å². The second-order valence-corrected chi connectivity index (χ2v) is 5.82. The highest BCUT2D eigenvalue weighted by Crippen LogP contribution is 2.31. The van der Waals surface area contributed by atoms with Crippen molar-refractivity contribution in [2.75, 3.05) is 11.9 Å². The number of aromatic nitrogens is 2. The van der Waals surface area contributed by atoms with E-state index in [0.717, 1.165) is 22.2 Å². The molecule has 0 radical (unpaired) electrons. The number of aliphatic hydroxyl groups is 1. The van der Waals surface area contributed by atoms with Crippen molar-refractivity contribution in [3.05, 3.63) is 46.6 Å². The maximum absolute atomic E-state index is 9.65. The summed E-state index contributed by atoms with van der Waals surface area (Å²) in [5, 5.41) is 11.6. The molecule has 3 rings (SSSR count). The van der Waals surface area contributed by atoms with Gasteiger partial charge < -0.3 is 10.0 Å².